The number of aliphatic carboxylic acids is 1. The Hall–Kier alpha value is -2.63. The Balaban J connectivity index is 2.29. The van der Waals surface area contributed by atoms with Crippen LogP contribution in [0, 0.1) is 0 Å². The Morgan fingerprint density at radius 1 is 1.25 bits per heavy atom. The molecule has 0 radical (unpaired) electrons. The Kier molecular flexibility index (Phi) is 3.56. The van der Waals surface area contributed by atoms with Crippen molar-refractivity contribution in [3.8, 4) is 5.69 Å². The lowest BCUT2D eigenvalue weighted by atomic mass is 10.1. The van der Waals surface area contributed by atoms with Crippen LogP contribution in [0.3, 0.4) is 0 Å². The normalized spacial score (nSPS) is 11.1. The molecule has 0 unspecified atom stereocenters. The highest BCUT2D eigenvalue weighted by Crippen LogP contribution is 2.12. The van der Waals surface area contributed by atoms with Gasteiger partial charge < -0.3 is 10.4 Å². The van der Waals surface area contributed by atoms with E-state index in [0.717, 1.165) is 5.69 Å². The second-order valence-corrected chi connectivity index (χ2v) is 4.87. The number of nitrogens with one attached hydrogen (secondary N) is 1. The molecule has 0 spiro atoms. The third-order valence-electron chi connectivity index (χ3n) is 2.87. The number of para-hydroxylation sites is 1. The number of nitrogens with zero attached hydrogens (tertiary/aromatic N) is 2. The van der Waals surface area contributed by atoms with Crippen LogP contribution in [0.4, 0.5) is 0 Å². The van der Waals surface area contributed by atoms with Gasteiger partial charge in [0.25, 0.3) is 5.91 Å². The maximum Gasteiger partial charge on any atom is 0.328 e. The summed E-state index contributed by atoms with van der Waals surface area (Å²) in [6.07, 6.45) is 2.91. The Bertz CT molecular complexity index is 632. The lowest BCUT2D eigenvalue weighted by molar-refractivity contribution is -0.143. The molecular weight excluding hydrogens is 258 g/mol. The molecule has 0 aliphatic rings. The molecule has 0 saturated carbocycles. The number of carboxylic acid groups (broad SMARTS) is 1. The lowest BCUT2D eigenvalue weighted by Gasteiger charge is -2.21. The third kappa shape index (κ3) is 2.69. The molecule has 1 amide bonds. The Morgan fingerprint density at radius 2 is 1.90 bits per heavy atom. The topological polar surface area (TPSA) is 84.2 Å². The Labute approximate surface area is 116 Å². The molecule has 2 N–H and O–H groups in total. The number of hydrogen-bond acceptors (Lipinski definition) is 3. The number of carbonyl (C=O) groups is 2. The minimum absolute atomic E-state index is 0.283. The van der Waals surface area contributed by atoms with E-state index in [9.17, 15) is 9.59 Å². The molecule has 0 aliphatic carbocycles. The average molecular weight is 273 g/mol. The first-order valence-corrected chi connectivity index (χ1v) is 6.05. The van der Waals surface area contributed by atoms with E-state index in [1.807, 2.05) is 30.3 Å². The monoisotopic (exact) mass is 273 g/mol. The van der Waals surface area contributed by atoms with Gasteiger partial charge in [-0.1, -0.05) is 18.2 Å². The van der Waals surface area contributed by atoms with Crippen LogP contribution in [0.2, 0.25) is 0 Å². The van der Waals surface area contributed by atoms with Crippen molar-refractivity contribution in [1.82, 2.24) is 14.9 Å². The molecule has 1 heterocycles. The summed E-state index contributed by atoms with van der Waals surface area (Å²) < 4.78 is 1.60. The van der Waals surface area contributed by atoms with Crippen molar-refractivity contribution in [3.05, 3.63) is 48.5 Å². The van der Waals surface area contributed by atoms with E-state index in [1.165, 1.54) is 26.4 Å². The van der Waals surface area contributed by atoms with E-state index in [1.54, 1.807) is 4.57 Å². The van der Waals surface area contributed by atoms with Crippen LogP contribution in [-0.2, 0) is 4.79 Å². The van der Waals surface area contributed by atoms with Gasteiger partial charge >= 0.3 is 5.97 Å². The fourth-order valence-electron chi connectivity index (χ4n) is 1.66. The van der Waals surface area contributed by atoms with Gasteiger partial charge in [-0.25, -0.2) is 9.78 Å². The van der Waals surface area contributed by atoms with Gasteiger partial charge in [0.1, 0.15) is 11.2 Å². The number of carbonyl (C=O) groups excluding carboxylic acids is 1. The molecular formula is C14H15N3O3. The number of rotatable bonds is 4. The van der Waals surface area contributed by atoms with E-state index in [4.69, 9.17) is 5.11 Å². The average Bonchev–Trinajstić information content (AvgIpc) is 2.88. The van der Waals surface area contributed by atoms with E-state index >= 15 is 0 Å². The predicted molar refractivity (Wildman–Crippen MR) is 72.7 cm³/mol. The molecule has 1 aromatic carbocycles. The second kappa shape index (κ2) is 5.16. The predicted octanol–water partition coefficient (Wildman–Crippen LogP) is 1.47. The Morgan fingerprint density at radius 3 is 2.50 bits per heavy atom. The molecule has 0 bridgehead atoms. The summed E-state index contributed by atoms with van der Waals surface area (Å²) in [5.41, 5.74) is -0.281. The van der Waals surface area contributed by atoms with Gasteiger partial charge in [0.15, 0.2) is 0 Å². The van der Waals surface area contributed by atoms with E-state index in [0.29, 0.717) is 0 Å². The first-order chi connectivity index (χ1) is 9.42. The fraction of sp³-hybridized carbons (Fsp3) is 0.214. The van der Waals surface area contributed by atoms with E-state index in [-0.39, 0.29) is 5.69 Å². The van der Waals surface area contributed by atoms with Crippen LogP contribution in [0.1, 0.15) is 24.3 Å². The van der Waals surface area contributed by atoms with Crippen LogP contribution in [0.15, 0.2) is 42.9 Å². The summed E-state index contributed by atoms with van der Waals surface area (Å²) >= 11 is 0. The quantitative estimate of drug-likeness (QED) is 0.883. The van der Waals surface area contributed by atoms with Gasteiger partial charge in [0.2, 0.25) is 0 Å². The maximum absolute atomic E-state index is 12.2. The highest BCUT2D eigenvalue weighted by Gasteiger charge is 2.30. The van der Waals surface area contributed by atoms with Crippen molar-refractivity contribution in [2.45, 2.75) is 19.4 Å². The highest BCUT2D eigenvalue weighted by molar-refractivity contribution is 5.96. The molecule has 1 aromatic heterocycles. The standard InChI is InChI=1S/C14H15N3O3/c1-14(2,13(19)20)16-12(18)11-8-15-9-17(11)10-6-4-3-5-7-10/h3-9H,1-2H3,(H,16,18)(H,19,20). The van der Waals surface area contributed by atoms with Crippen molar-refractivity contribution in [3.63, 3.8) is 0 Å². The third-order valence-corrected chi connectivity index (χ3v) is 2.87. The number of carboxylic acids is 1. The lowest BCUT2D eigenvalue weighted by Crippen LogP contribution is -2.50. The summed E-state index contributed by atoms with van der Waals surface area (Å²) in [4.78, 5) is 27.2. The fourth-order valence-corrected chi connectivity index (χ4v) is 1.66. The number of hydrogen-bond donors (Lipinski definition) is 2. The van der Waals surface area contributed by atoms with Gasteiger partial charge in [-0.15, -0.1) is 0 Å². The molecule has 6 heteroatoms. The first kappa shape index (κ1) is 13.8. The van der Waals surface area contributed by atoms with Crippen molar-refractivity contribution in [2.75, 3.05) is 0 Å². The first-order valence-electron chi connectivity index (χ1n) is 6.05. The van der Waals surface area contributed by atoms with Crippen molar-refractivity contribution < 1.29 is 14.7 Å². The van der Waals surface area contributed by atoms with Crippen LogP contribution in [-0.4, -0.2) is 32.1 Å². The van der Waals surface area contributed by atoms with Crippen molar-refractivity contribution >= 4 is 11.9 Å². The van der Waals surface area contributed by atoms with Crippen LogP contribution in [0.5, 0.6) is 0 Å². The zero-order chi connectivity index (χ0) is 14.8. The molecule has 2 aromatic rings. The van der Waals surface area contributed by atoms with Gasteiger partial charge in [0, 0.05) is 5.69 Å². The number of amides is 1. The molecule has 2 rings (SSSR count). The largest absolute Gasteiger partial charge is 0.480 e. The molecule has 0 aliphatic heterocycles. The number of imidazole rings is 1. The summed E-state index contributed by atoms with van der Waals surface area (Å²) in [5, 5.41) is 11.5. The molecule has 0 saturated heterocycles. The summed E-state index contributed by atoms with van der Waals surface area (Å²) in [5.74, 6) is -1.59. The van der Waals surface area contributed by atoms with Crippen molar-refractivity contribution in [1.29, 1.82) is 0 Å². The summed E-state index contributed by atoms with van der Waals surface area (Å²) in [6.45, 7) is 2.85. The maximum atomic E-state index is 12.2. The number of benzene rings is 1. The van der Waals surface area contributed by atoms with E-state index in [2.05, 4.69) is 10.3 Å². The molecule has 104 valence electrons. The smallest absolute Gasteiger partial charge is 0.328 e. The zero-order valence-electron chi connectivity index (χ0n) is 11.2. The summed E-state index contributed by atoms with van der Waals surface area (Å²) in [7, 11) is 0. The molecule has 0 atom stereocenters. The second-order valence-electron chi connectivity index (χ2n) is 4.87. The number of aromatic nitrogens is 2. The highest BCUT2D eigenvalue weighted by atomic mass is 16.4. The minimum Gasteiger partial charge on any atom is -0.480 e. The summed E-state index contributed by atoms with van der Waals surface area (Å²) in [6, 6.07) is 9.23. The van der Waals surface area contributed by atoms with Crippen LogP contribution < -0.4 is 5.32 Å². The van der Waals surface area contributed by atoms with Crippen LogP contribution in [0.25, 0.3) is 5.69 Å². The molecule has 20 heavy (non-hydrogen) atoms. The van der Waals surface area contributed by atoms with Gasteiger partial charge in [-0.05, 0) is 26.0 Å². The SMILES string of the molecule is CC(C)(NC(=O)c1cncn1-c1ccccc1)C(=O)O. The van der Waals surface area contributed by atoms with Gasteiger partial charge in [-0.2, -0.15) is 0 Å². The molecule has 6 nitrogen and oxygen atoms in total. The van der Waals surface area contributed by atoms with Crippen LogP contribution >= 0.6 is 0 Å². The zero-order valence-corrected chi connectivity index (χ0v) is 11.2. The van der Waals surface area contributed by atoms with Crippen molar-refractivity contribution in [2.24, 2.45) is 0 Å². The van der Waals surface area contributed by atoms with E-state index < -0.39 is 17.4 Å². The van der Waals surface area contributed by atoms with Gasteiger partial charge in [0.05, 0.1) is 12.5 Å². The minimum atomic E-state index is -1.34. The van der Waals surface area contributed by atoms with Gasteiger partial charge in [-0.3, -0.25) is 9.36 Å². The molecule has 0 fully saturated rings.